The lowest BCUT2D eigenvalue weighted by Gasteiger charge is -2.35. The van der Waals surface area contributed by atoms with E-state index in [0.29, 0.717) is 19.5 Å². The van der Waals surface area contributed by atoms with Crippen LogP contribution in [0.25, 0.3) is 32.9 Å². The third-order valence-electron chi connectivity index (χ3n) is 5.33. The van der Waals surface area contributed by atoms with Crippen LogP contribution < -0.4 is 10.6 Å². The predicted octanol–water partition coefficient (Wildman–Crippen LogP) is 4.30. The number of pyridine rings is 2. The zero-order chi connectivity index (χ0) is 19.8. The Morgan fingerprint density at radius 3 is 2.79 bits per heavy atom. The Hall–Kier alpha value is -2.90. The maximum Gasteiger partial charge on any atom is 0.141 e. The molecule has 5 rings (SSSR count). The van der Waals surface area contributed by atoms with Crippen LogP contribution in [0.1, 0.15) is 6.42 Å². The van der Waals surface area contributed by atoms with Gasteiger partial charge >= 0.3 is 0 Å². The van der Waals surface area contributed by atoms with Gasteiger partial charge in [0.25, 0.3) is 0 Å². The van der Waals surface area contributed by atoms with Crippen molar-refractivity contribution in [3.8, 4) is 22.0 Å². The maximum absolute atomic E-state index is 13.8. The fourth-order valence-corrected chi connectivity index (χ4v) is 4.41. The van der Waals surface area contributed by atoms with Crippen molar-refractivity contribution in [1.82, 2.24) is 15.0 Å². The molecule has 5 nitrogen and oxygen atoms in total. The van der Waals surface area contributed by atoms with Crippen LogP contribution in [0.2, 0.25) is 0 Å². The summed E-state index contributed by atoms with van der Waals surface area (Å²) >= 11 is 1.57. The number of halogens is 1. The van der Waals surface area contributed by atoms with E-state index in [1.807, 2.05) is 41.8 Å². The molecule has 7 heteroatoms. The number of thiazole rings is 1. The monoisotopic (exact) mass is 405 g/mol. The van der Waals surface area contributed by atoms with E-state index in [-0.39, 0.29) is 0 Å². The molecule has 3 aromatic heterocycles. The van der Waals surface area contributed by atoms with Gasteiger partial charge in [-0.3, -0.25) is 4.98 Å². The molecule has 0 amide bonds. The molecule has 1 aromatic carbocycles. The first-order valence-electron chi connectivity index (χ1n) is 9.60. The van der Waals surface area contributed by atoms with Crippen molar-refractivity contribution in [2.75, 3.05) is 18.0 Å². The Kier molecular flexibility index (Phi) is 4.69. The minimum atomic E-state index is -0.937. The van der Waals surface area contributed by atoms with Crippen LogP contribution in [0, 0.1) is 0 Å². The lowest BCUT2D eigenvalue weighted by atomic mass is 10.0. The average molecular weight is 406 g/mol. The number of anilines is 1. The van der Waals surface area contributed by atoms with Crippen molar-refractivity contribution in [1.29, 1.82) is 0 Å². The van der Waals surface area contributed by atoms with Gasteiger partial charge in [-0.2, -0.15) is 0 Å². The number of rotatable bonds is 3. The van der Waals surface area contributed by atoms with E-state index >= 15 is 0 Å². The predicted molar refractivity (Wildman–Crippen MR) is 116 cm³/mol. The Balaban J connectivity index is 1.56. The summed E-state index contributed by atoms with van der Waals surface area (Å²) in [6, 6.07) is 13.6. The summed E-state index contributed by atoms with van der Waals surface area (Å²) in [6.07, 6.45) is 3.09. The molecule has 0 bridgehead atoms. The molecular weight excluding hydrogens is 385 g/mol. The molecule has 1 saturated heterocycles. The van der Waals surface area contributed by atoms with Crippen molar-refractivity contribution in [2.45, 2.75) is 18.6 Å². The number of alkyl halides is 1. The van der Waals surface area contributed by atoms with Crippen LogP contribution in [-0.4, -0.2) is 40.3 Å². The third-order valence-corrected chi connectivity index (χ3v) is 6.12. The van der Waals surface area contributed by atoms with E-state index in [1.54, 1.807) is 23.7 Å². The summed E-state index contributed by atoms with van der Waals surface area (Å²) in [5.41, 5.74) is 10.7. The second-order valence-electron chi connectivity index (χ2n) is 7.22. The molecule has 2 atom stereocenters. The molecule has 2 unspecified atom stereocenters. The second-order valence-corrected chi connectivity index (χ2v) is 8.12. The lowest BCUT2D eigenvalue weighted by molar-refractivity contribution is 0.245. The second kappa shape index (κ2) is 7.50. The van der Waals surface area contributed by atoms with E-state index in [1.165, 1.54) is 0 Å². The molecule has 4 aromatic rings. The minimum absolute atomic E-state index is 0.447. The van der Waals surface area contributed by atoms with Gasteiger partial charge < -0.3 is 10.6 Å². The van der Waals surface area contributed by atoms with E-state index in [9.17, 15) is 4.39 Å². The molecule has 4 heterocycles. The number of nitrogens with zero attached hydrogens (tertiary/aromatic N) is 4. The first-order chi connectivity index (χ1) is 14.2. The highest BCUT2D eigenvalue weighted by atomic mass is 32.1. The first kappa shape index (κ1) is 18.1. The van der Waals surface area contributed by atoms with Gasteiger partial charge in [0.15, 0.2) is 0 Å². The van der Waals surface area contributed by atoms with Crippen molar-refractivity contribution in [3.63, 3.8) is 0 Å². The summed E-state index contributed by atoms with van der Waals surface area (Å²) in [6.45, 7) is 1.15. The van der Waals surface area contributed by atoms with Gasteiger partial charge in [0, 0.05) is 47.5 Å². The van der Waals surface area contributed by atoms with Crippen LogP contribution in [-0.2, 0) is 0 Å². The van der Waals surface area contributed by atoms with Crippen LogP contribution in [0.15, 0.2) is 60.2 Å². The van der Waals surface area contributed by atoms with Gasteiger partial charge in [0.2, 0.25) is 0 Å². The largest absolute Gasteiger partial charge is 0.369 e. The molecule has 2 N–H and O–H groups in total. The smallest absolute Gasteiger partial charge is 0.141 e. The highest BCUT2D eigenvalue weighted by Gasteiger charge is 2.27. The van der Waals surface area contributed by atoms with E-state index in [2.05, 4.69) is 20.9 Å². The molecule has 0 aliphatic carbocycles. The molecule has 1 fully saturated rings. The van der Waals surface area contributed by atoms with E-state index in [0.717, 1.165) is 38.5 Å². The molecule has 0 spiro atoms. The number of aromatic nitrogens is 3. The van der Waals surface area contributed by atoms with Crippen molar-refractivity contribution in [2.24, 2.45) is 5.73 Å². The number of hydrogen-bond donors (Lipinski definition) is 1. The van der Waals surface area contributed by atoms with Gasteiger partial charge in [0.05, 0.1) is 22.9 Å². The van der Waals surface area contributed by atoms with Crippen LogP contribution in [0.5, 0.6) is 0 Å². The van der Waals surface area contributed by atoms with Crippen molar-refractivity contribution < 1.29 is 4.39 Å². The van der Waals surface area contributed by atoms with E-state index in [4.69, 9.17) is 10.7 Å². The maximum atomic E-state index is 13.8. The van der Waals surface area contributed by atoms with Gasteiger partial charge in [-0.25, -0.2) is 14.4 Å². The summed E-state index contributed by atoms with van der Waals surface area (Å²) in [5.74, 6) is 0. The molecule has 1 aliphatic rings. The van der Waals surface area contributed by atoms with Crippen molar-refractivity contribution in [3.05, 3.63) is 60.2 Å². The fourth-order valence-electron chi connectivity index (χ4n) is 3.80. The molecule has 146 valence electrons. The molecule has 0 radical (unpaired) electrons. The molecule has 29 heavy (non-hydrogen) atoms. The van der Waals surface area contributed by atoms with Gasteiger partial charge in [0.1, 0.15) is 11.2 Å². The summed E-state index contributed by atoms with van der Waals surface area (Å²) in [7, 11) is 0. The number of benzene rings is 1. The fraction of sp³-hybridized carbons (Fsp3) is 0.227. The number of fused-ring (bicyclic) bond motifs is 1. The van der Waals surface area contributed by atoms with Crippen molar-refractivity contribution >= 4 is 27.9 Å². The molecule has 0 saturated carbocycles. The number of piperidine rings is 1. The zero-order valence-corrected chi connectivity index (χ0v) is 16.5. The summed E-state index contributed by atoms with van der Waals surface area (Å²) in [5, 5.41) is 3.87. The lowest BCUT2D eigenvalue weighted by Crippen LogP contribution is -2.49. The van der Waals surface area contributed by atoms with Gasteiger partial charge in [-0.05, 0) is 36.8 Å². The van der Waals surface area contributed by atoms with Crippen LogP contribution >= 0.6 is 11.3 Å². The van der Waals surface area contributed by atoms with Crippen LogP contribution in [0.4, 0.5) is 10.1 Å². The van der Waals surface area contributed by atoms with Gasteiger partial charge in [-0.1, -0.05) is 12.1 Å². The standard InChI is InChI=1S/C22H20FN5S/c23-16-7-10-28(13-17(16)24)21-6-8-25-19-5-4-14(12-15(19)21)18-2-1-3-20(27-18)22-26-9-11-29-22/h1-6,8-9,11-12,16-17H,7,10,13,24H2. The first-order valence-corrected chi connectivity index (χ1v) is 10.5. The highest BCUT2D eigenvalue weighted by Crippen LogP contribution is 2.32. The molecular formula is C22H20FN5S. The Bertz CT molecular complexity index is 1150. The summed E-state index contributed by atoms with van der Waals surface area (Å²) < 4.78 is 13.8. The SMILES string of the molecule is NC1CN(c2ccnc3ccc(-c4cccc(-c5nccs5)n4)cc23)CCC1F. The topological polar surface area (TPSA) is 67.9 Å². The Morgan fingerprint density at radius 1 is 1.07 bits per heavy atom. The van der Waals surface area contributed by atoms with Gasteiger partial charge in [-0.15, -0.1) is 11.3 Å². The third kappa shape index (κ3) is 3.47. The minimum Gasteiger partial charge on any atom is -0.369 e. The summed E-state index contributed by atoms with van der Waals surface area (Å²) in [4.78, 5) is 15.8. The number of hydrogen-bond acceptors (Lipinski definition) is 6. The average Bonchev–Trinajstić information content (AvgIpc) is 3.30. The Morgan fingerprint density at radius 2 is 1.97 bits per heavy atom. The highest BCUT2D eigenvalue weighted by molar-refractivity contribution is 7.13. The zero-order valence-electron chi connectivity index (χ0n) is 15.7. The molecule has 1 aliphatic heterocycles. The Labute approximate surface area is 172 Å². The van der Waals surface area contributed by atoms with Crippen LogP contribution in [0.3, 0.4) is 0 Å². The number of nitrogens with two attached hydrogens (primary N) is 1. The van der Waals surface area contributed by atoms with E-state index < -0.39 is 12.2 Å². The normalized spacial score (nSPS) is 19.6. The quantitative estimate of drug-likeness (QED) is 0.551.